The van der Waals surface area contributed by atoms with Crippen LogP contribution < -0.4 is 5.32 Å². The van der Waals surface area contributed by atoms with Crippen LogP contribution in [0.2, 0.25) is 0 Å². The van der Waals surface area contributed by atoms with Gasteiger partial charge in [-0.05, 0) is 61.1 Å². The highest BCUT2D eigenvalue weighted by atomic mass is 32.2. The Morgan fingerprint density at radius 2 is 1.66 bits per heavy atom. The molecule has 0 spiro atoms. The number of fused-ring (bicyclic) bond motifs is 1. The van der Waals surface area contributed by atoms with Crippen molar-refractivity contribution in [2.75, 3.05) is 18.1 Å². The molecule has 0 radical (unpaired) electrons. The van der Waals surface area contributed by atoms with E-state index in [9.17, 15) is 23.7 Å². The van der Waals surface area contributed by atoms with Crippen LogP contribution in [-0.2, 0) is 51.0 Å². The smallest absolute Gasteiger partial charge is 0.329 e. The first-order valence-corrected chi connectivity index (χ1v) is 15.4. The van der Waals surface area contributed by atoms with Crippen molar-refractivity contribution in [2.24, 2.45) is 5.92 Å². The normalized spacial score (nSPS) is 14.4. The molecule has 10 heteroatoms. The molecule has 0 heterocycles. The molecule has 2 aromatic rings. The molecule has 0 aliphatic rings. The van der Waals surface area contributed by atoms with Crippen molar-refractivity contribution in [3.63, 3.8) is 0 Å². The Morgan fingerprint density at radius 1 is 0.976 bits per heavy atom. The van der Waals surface area contributed by atoms with Crippen molar-refractivity contribution in [2.45, 2.75) is 85.0 Å². The number of esters is 3. The molecule has 226 valence electrons. The fourth-order valence-corrected chi connectivity index (χ4v) is 5.78. The van der Waals surface area contributed by atoms with Gasteiger partial charge in [-0.15, -0.1) is 0 Å². The number of hydrogen-bond donors (Lipinski definition) is 1. The first-order chi connectivity index (χ1) is 19.3. The quantitative estimate of drug-likeness (QED) is 0.185. The first kappa shape index (κ1) is 34.1. The monoisotopic (exact) mass is 589 g/mol. The lowest BCUT2D eigenvalue weighted by molar-refractivity contribution is -0.159. The molecule has 1 amide bonds. The van der Waals surface area contributed by atoms with E-state index in [1.165, 1.54) is 13.8 Å². The third-order valence-corrected chi connectivity index (χ3v) is 7.65. The predicted octanol–water partition coefficient (Wildman–Crippen LogP) is 4.26. The van der Waals surface area contributed by atoms with Crippen molar-refractivity contribution < 1.29 is 37.9 Å². The van der Waals surface area contributed by atoms with Crippen LogP contribution in [0, 0.1) is 5.92 Å². The van der Waals surface area contributed by atoms with Crippen molar-refractivity contribution in [1.82, 2.24) is 5.32 Å². The lowest BCUT2D eigenvalue weighted by atomic mass is 9.95. The molecule has 1 N–H and O–H groups in total. The van der Waals surface area contributed by atoms with Crippen LogP contribution >= 0.6 is 0 Å². The Bertz CT molecular complexity index is 1170. The van der Waals surface area contributed by atoms with E-state index in [0.29, 0.717) is 12.8 Å². The van der Waals surface area contributed by atoms with E-state index in [1.54, 1.807) is 20.8 Å². The van der Waals surface area contributed by atoms with E-state index < -0.39 is 58.7 Å². The fraction of sp³-hybridized carbons (Fsp3) is 0.548. The van der Waals surface area contributed by atoms with Gasteiger partial charge in [0.1, 0.15) is 29.8 Å². The van der Waals surface area contributed by atoms with Crippen molar-refractivity contribution in [3.8, 4) is 0 Å². The van der Waals surface area contributed by atoms with Gasteiger partial charge in [0.2, 0.25) is 5.91 Å². The van der Waals surface area contributed by atoms with Gasteiger partial charge < -0.3 is 24.1 Å². The number of nitrogens with one attached hydrogen (secondary N) is 1. The summed E-state index contributed by atoms with van der Waals surface area (Å²) in [7, 11) is 0. The topological polar surface area (TPSA) is 131 Å². The van der Waals surface area contributed by atoms with Gasteiger partial charge in [0.15, 0.2) is 6.10 Å². The van der Waals surface area contributed by atoms with Crippen LogP contribution in [0.5, 0.6) is 0 Å². The summed E-state index contributed by atoms with van der Waals surface area (Å²) in [6, 6.07) is 12.8. The number of carbonyl (C=O) groups is 4. The molecular formula is C31H43NO8S. The molecule has 41 heavy (non-hydrogen) atoms. The number of amides is 1. The summed E-state index contributed by atoms with van der Waals surface area (Å²) >= 11 is -1.63. The maximum absolute atomic E-state index is 13.7. The zero-order valence-corrected chi connectivity index (χ0v) is 25.7. The molecule has 2 rings (SSSR count). The molecule has 0 aliphatic heterocycles. The summed E-state index contributed by atoms with van der Waals surface area (Å²) in [5.74, 6) is -3.01. The summed E-state index contributed by atoms with van der Waals surface area (Å²) in [5.41, 5.74) is 0.183. The van der Waals surface area contributed by atoms with Gasteiger partial charge in [0.05, 0.1) is 5.92 Å². The third-order valence-electron chi connectivity index (χ3n) is 6.14. The molecule has 0 bridgehead atoms. The number of unbranched alkanes of at least 4 members (excludes halogenated alkanes) is 1. The van der Waals surface area contributed by atoms with Gasteiger partial charge in [0.25, 0.3) is 0 Å². The van der Waals surface area contributed by atoms with Crippen molar-refractivity contribution >= 4 is 45.8 Å². The lowest BCUT2D eigenvalue weighted by Crippen LogP contribution is -2.48. The predicted molar refractivity (Wildman–Crippen MR) is 159 cm³/mol. The number of ether oxygens (including phenoxy) is 3. The molecular weight excluding hydrogens is 546 g/mol. The van der Waals surface area contributed by atoms with Gasteiger partial charge in [-0.2, -0.15) is 0 Å². The average molecular weight is 590 g/mol. The highest BCUT2D eigenvalue weighted by Crippen LogP contribution is 2.23. The highest BCUT2D eigenvalue weighted by molar-refractivity contribution is 7.91. The van der Waals surface area contributed by atoms with Gasteiger partial charge >= 0.3 is 17.9 Å². The Labute approximate surface area is 245 Å². The van der Waals surface area contributed by atoms with Crippen LogP contribution in [0.4, 0.5) is 0 Å². The molecule has 2 aromatic carbocycles. The largest absolute Gasteiger partial charge is 0.616 e. The molecule has 0 saturated heterocycles. The molecule has 0 fully saturated rings. The minimum atomic E-state index is -1.63. The van der Waals surface area contributed by atoms with Gasteiger partial charge in [0, 0.05) is 13.8 Å². The summed E-state index contributed by atoms with van der Waals surface area (Å²) in [6.45, 7) is 9.51. The fourth-order valence-electron chi connectivity index (χ4n) is 4.34. The molecule has 0 aromatic heterocycles. The molecule has 0 aliphatic carbocycles. The lowest BCUT2D eigenvalue weighted by Gasteiger charge is -2.27. The van der Waals surface area contributed by atoms with Gasteiger partial charge in [-0.3, -0.25) is 14.4 Å². The van der Waals surface area contributed by atoms with Gasteiger partial charge in [-0.1, -0.05) is 62.2 Å². The molecule has 0 saturated carbocycles. The van der Waals surface area contributed by atoms with E-state index in [0.717, 1.165) is 22.8 Å². The number of hydrogen-bond acceptors (Lipinski definition) is 8. The second kappa shape index (κ2) is 16.4. The standard InChI is InChI=1S/C31H43NO8S/c1-7-8-16-28(30(36)40-31(4,5)6)32-29(35)25(17-24-14-11-13-23-12-9-10-15-27(23)24)19-41(37)20-26(39-22(3)34)18-38-21(2)33/h9-15,25-26,28H,7-8,16-20H2,1-6H3,(H,32,35)/t25-,26?,28+,41?/m1/s1. The molecule has 2 unspecified atom stereocenters. The minimum Gasteiger partial charge on any atom is -0.616 e. The van der Waals surface area contributed by atoms with Crippen LogP contribution in [0.3, 0.4) is 0 Å². The second-order valence-corrected chi connectivity index (χ2v) is 12.6. The van der Waals surface area contributed by atoms with Crippen LogP contribution in [-0.4, -0.2) is 64.2 Å². The molecule has 4 atom stereocenters. The van der Waals surface area contributed by atoms with E-state index in [1.807, 2.05) is 49.4 Å². The Morgan fingerprint density at radius 3 is 2.29 bits per heavy atom. The summed E-state index contributed by atoms with van der Waals surface area (Å²) in [6.07, 6.45) is 1.31. The molecule has 9 nitrogen and oxygen atoms in total. The van der Waals surface area contributed by atoms with E-state index in [-0.39, 0.29) is 24.5 Å². The van der Waals surface area contributed by atoms with E-state index in [2.05, 4.69) is 5.32 Å². The average Bonchev–Trinajstić information content (AvgIpc) is 2.88. The third kappa shape index (κ3) is 12.5. The Kier molecular flexibility index (Phi) is 13.6. The summed E-state index contributed by atoms with van der Waals surface area (Å²) < 4.78 is 29.1. The Hall–Kier alpha value is -3.11. The number of rotatable bonds is 15. The zero-order valence-electron chi connectivity index (χ0n) is 24.9. The van der Waals surface area contributed by atoms with E-state index in [4.69, 9.17) is 14.2 Å². The van der Waals surface area contributed by atoms with E-state index >= 15 is 0 Å². The van der Waals surface area contributed by atoms with Crippen molar-refractivity contribution in [1.29, 1.82) is 0 Å². The number of benzene rings is 2. The second-order valence-electron chi connectivity index (χ2n) is 11.1. The highest BCUT2D eigenvalue weighted by Gasteiger charge is 2.33. The SMILES string of the molecule is CCCC[C@H](NC(=O)[C@H](Cc1cccc2ccccc12)C[S+]([O-])CC(COC(C)=O)OC(C)=O)C(=O)OC(C)(C)C. The van der Waals surface area contributed by atoms with Gasteiger partial charge in [-0.25, -0.2) is 4.79 Å². The number of carbonyl (C=O) groups excluding carboxylic acids is 4. The maximum Gasteiger partial charge on any atom is 0.329 e. The van der Waals surface area contributed by atoms with Crippen LogP contribution in [0.1, 0.15) is 66.4 Å². The Balaban J connectivity index is 2.32. The van der Waals surface area contributed by atoms with Crippen LogP contribution in [0.15, 0.2) is 42.5 Å². The van der Waals surface area contributed by atoms with Crippen molar-refractivity contribution in [3.05, 3.63) is 48.0 Å². The summed E-state index contributed by atoms with van der Waals surface area (Å²) in [5, 5.41) is 4.85. The maximum atomic E-state index is 13.7. The minimum absolute atomic E-state index is 0.0539. The summed E-state index contributed by atoms with van der Waals surface area (Å²) in [4.78, 5) is 49.6. The van der Waals surface area contributed by atoms with Crippen LogP contribution in [0.25, 0.3) is 10.8 Å². The first-order valence-electron chi connectivity index (χ1n) is 13.9. The zero-order chi connectivity index (χ0) is 30.6.